The zero-order chi connectivity index (χ0) is 15.7. The maximum atomic E-state index is 13.9. The number of rotatable bonds is 5. The highest BCUT2D eigenvalue weighted by Gasteiger charge is 2.26. The van der Waals surface area contributed by atoms with Crippen LogP contribution < -0.4 is 0 Å². The van der Waals surface area contributed by atoms with E-state index >= 15 is 0 Å². The van der Waals surface area contributed by atoms with E-state index in [0.717, 1.165) is 18.4 Å². The summed E-state index contributed by atoms with van der Waals surface area (Å²) in [5.74, 6) is -4.70. The van der Waals surface area contributed by atoms with Crippen molar-refractivity contribution in [1.82, 2.24) is 0 Å². The van der Waals surface area contributed by atoms with Gasteiger partial charge in [-0.2, -0.15) is 0 Å². The lowest BCUT2D eigenvalue weighted by atomic mass is 10.2. The average molecular weight is 345 g/mol. The molecule has 0 saturated heterocycles. The number of benzene rings is 1. The van der Waals surface area contributed by atoms with Gasteiger partial charge in [0.2, 0.25) is 0 Å². The first-order valence-electron chi connectivity index (χ1n) is 5.07. The van der Waals surface area contributed by atoms with Crippen LogP contribution in [-0.4, -0.2) is 45.7 Å². The second-order valence-corrected chi connectivity index (χ2v) is 8.79. The molecule has 0 bridgehead atoms. The molecular weight excluding hydrogens is 335 g/mol. The van der Waals surface area contributed by atoms with Crippen molar-refractivity contribution in [3.8, 4) is 0 Å². The van der Waals surface area contributed by atoms with Gasteiger partial charge in [-0.3, -0.25) is 0 Å². The maximum Gasteiger partial charge on any atom is 0.338 e. The molecule has 1 N–H and O–H groups in total. The summed E-state index contributed by atoms with van der Waals surface area (Å²) in [6.07, 6.45) is 0.833. The van der Waals surface area contributed by atoms with Crippen molar-refractivity contribution in [3.63, 3.8) is 0 Å². The highest BCUT2D eigenvalue weighted by Crippen LogP contribution is 2.25. The van der Waals surface area contributed by atoms with E-state index in [1.165, 1.54) is 0 Å². The molecule has 0 aliphatic rings. The molecule has 6 nitrogen and oxygen atoms in total. The van der Waals surface area contributed by atoms with Gasteiger partial charge in [-0.15, -0.1) is 0 Å². The summed E-state index contributed by atoms with van der Waals surface area (Å²) >= 11 is 5.55. The zero-order valence-electron chi connectivity index (χ0n) is 10.1. The summed E-state index contributed by atoms with van der Waals surface area (Å²) in [4.78, 5) is 9.86. The summed E-state index contributed by atoms with van der Waals surface area (Å²) in [5.41, 5.74) is -0.893. The maximum absolute atomic E-state index is 13.9. The van der Waals surface area contributed by atoms with Crippen LogP contribution in [0.3, 0.4) is 0 Å². The molecule has 0 atom stereocenters. The predicted octanol–water partition coefficient (Wildman–Crippen LogP) is 0.996. The average Bonchev–Trinajstić information content (AvgIpc) is 2.28. The Morgan fingerprint density at radius 1 is 1.25 bits per heavy atom. The van der Waals surface area contributed by atoms with Crippen molar-refractivity contribution < 1.29 is 31.1 Å². The fourth-order valence-corrected chi connectivity index (χ4v) is 4.60. The van der Waals surface area contributed by atoms with Gasteiger partial charge >= 0.3 is 5.97 Å². The largest absolute Gasteiger partial charge is 0.478 e. The van der Waals surface area contributed by atoms with Gasteiger partial charge in [0.15, 0.2) is 15.7 Å². The number of halogens is 2. The summed E-state index contributed by atoms with van der Waals surface area (Å²) in [6, 6.07) is 1.52. The van der Waals surface area contributed by atoms with Gasteiger partial charge in [0.05, 0.1) is 17.1 Å². The van der Waals surface area contributed by atoms with Crippen LogP contribution in [0.25, 0.3) is 0 Å². The highest BCUT2D eigenvalue weighted by atomic mass is 35.5. The van der Waals surface area contributed by atoms with Crippen molar-refractivity contribution in [2.75, 3.05) is 17.8 Å². The number of aromatic carboxylic acids is 1. The molecule has 0 aliphatic heterocycles. The molecule has 10 heteroatoms. The molecule has 112 valence electrons. The Balaban J connectivity index is 3.36. The quantitative estimate of drug-likeness (QED) is 0.854. The Kier molecular flexibility index (Phi) is 4.78. The highest BCUT2D eigenvalue weighted by molar-refractivity contribution is 7.94. The number of hydrogen-bond acceptors (Lipinski definition) is 5. The molecule has 0 aromatic heterocycles. The zero-order valence-corrected chi connectivity index (χ0v) is 12.5. The van der Waals surface area contributed by atoms with Crippen LogP contribution >= 0.6 is 11.6 Å². The predicted molar refractivity (Wildman–Crippen MR) is 70.1 cm³/mol. The summed E-state index contributed by atoms with van der Waals surface area (Å²) in [5, 5.41) is 8.47. The minimum absolute atomic E-state index is 0.276. The van der Waals surface area contributed by atoms with Gasteiger partial charge in [0.25, 0.3) is 0 Å². The molecule has 20 heavy (non-hydrogen) atoms. The Labute approximate surface area is 120 Å². The summed E-state index contributed by atoms with van der Waals surface area (Å²) in [6.45, 7) is 0. The molecule has 0 radical (unpaired) electrons. The first kappa shape index (κ1) is 16.9. The van der Waals surface area contributed by atoms with E-state index < -0.39 is 53.4 Å². The van der Waals surface area contributed by atoms with Crippen molar-refractivity contribution in [2.24, 2.45) is 0 Å². The molecule has 1 rings (SSSR count). The van der Waals surface area contributed by atoms with Crippen molar-refractivity contribution in [2.45, 2.75) is 4.90 Å². The van der Waals surface area contributed by atoms with Crippen LogP contribution in [0.2, 0.25) is 5.02 Å². The number of carbonyl (C=O) groups is 1. The second-order valence-electron chi connectivity index (χ2n) is 4.02. The van der Waals surface area contributed by atoms with E-state index in [-0.39, 0.29) is 5.02 Å². The number of hydrogen-bond donors (Lipinski definition) is 1. The van der Waals surface area contributed by atoms with E-state index in [0.29, 0.717) is 0 Å². The molecule has 1 aromatic carbocycles. The Morgan fingerprint density at radius 2 is 1.80 bits per heavy atom. The SMILES string of the molecule is CS(=O)(=O)CCS(=O)(=O)c1cc(Cl)cc(C(=O)O)c1F. The van der Waals surface area contributed by atoms with Crippen LogP contribution in [0.5, 0.6) is 0 Å². The van der Waals surface area contributed by atoms with Gasteiger partial charge in [-0.25, -0.2) is 26.0 Å². The second kappa shape index (κ2) is 5.66. The molecule has 0 spiro atoms. The molecule has 0 aliphatic carbocycles. The lowest BCUT2D eigenvalue weighted by Crippen LogP contribution is -2.18. The van der Waals surface area contributed by atoms with Crippen molar-refractivity contribution in [1.29, 1.82) is 0 Å². The van der Waals surface area contributed by atoms with Crippen LogP contribution in [0.4, 0.5) is 4.39 Å². The monoisotopic (exact) mass is 344 g/mol. The minimum atomic E-state index is -4.30. The summed E-state index contributed by atoms with van der Waals surface area (Å²) < 4.78 is 59.5. The molecule has 0 saturated carbocycles. The third-order valence-electron chi connectivity index (χ3n) is 2.29. The van der Waals surface area contributed by atoms with Crippen LogP contribution in [0, 0.1) is 5.82 Å². The normalized spacial score (nSPS) is 12.3. The lowest BCUT2D eigenvalue weighted by molar-refractivity contribution is 0.0691. The first-order valence-corrected chi connectivity index (χ1v) is 9.16. The van der Waals surface area contributed by atoms with Gasteiger partial charge in [0, 0.05) is 11.3 Å². The van der Waals surface area contributed by atoms with Crippen LogP contribution in [-0.2, 0) is 19.7 Å². The Bertz CT molecular complexity index is 754. The van der Waals surface area contributed by atoms with Crippen molar-refractivity contribution >= 4 is 37.2 Å². The molecule has 0 unspecified atom stereocenters. The fourth-order valence-electron chi connectivity index (χ4n) is 1.32. The summed E-state index contributed by atoms with van der Waals surface area (Å²) in [7, 11) is -7.87. The van der Waals surface area contributed by atoms with E-state index in [2.05, 4.69) is 0 Å². The van der Waals surface area contributed by atoms with Gasteiger partial charge < -0.3 is 5.11 Å². The minimum Gasteiger partial charge on any atom is -0.478 e. The molecule has 0 heterocycles. The third-order valence-corrected chi connectivity index (χ3v) is 5.42. The van der Waals surface area contributed by atoms with Gasteiger partial charge in [0.1, 0.15) is 14.7 Å². The van der Waals surface area contributed by atoms with E-state index in [9.17, 15) is 26.0 Å². The standard InChI is InChI=1S/C10H10ClFO6S2/c1-19(15,16)2-3-20(17,18)8-5-6(11)4-7(9(8)12)10(13)14/h4-5H,2-3H2,1H3,(H,13,14). The van der Waals surface area contributed by atoms with E-state index in [4.69, 9.17) is 16.7 Å². The Morgan fingerprint density at radius 3 is 2.25 bits per heavy atom. The van der Waals surface area contributed by atoms with Gasteiger partial charge in [-0.1, -0.05) is 11.6 Å². The van der Waals surface area contributed by atoms with Crippen molar-refractivity contribution in [3.05, 3.63) is 28.5 Å². The number of sulfone groups is 2. The van der Waals surface area contributed by atoms with Crippen LogP contribution in [0.1, 0.15) is 10.4 Å². The molecule has 1 aromatic rings. The Hall–Kier alpha value is -1.19. The van der Waals surface area contributed by atoms with E-state index in [1.807, 2.05) is 0 Å². The number of carboxylic acids is 1. The lowest BCUT2D eigenvalue weighted by Gasteiger charge is -2.08. The fraction of sp³-hybridized carbons (Fsp3) is 0.300. The molecular formula is C10H10ClFO6S2. The molecule has 0 fully saturated rings. The smallest absolute Gasteiger partial charge is 0.338 e. The topological polar surface area (TPSA) is 106 Å². The van der Waals surface area contributed by atoms with Gasteiger partial charge in [-0.05, 0) is 12.1 Å². The number of carboxylic acid groups (broad SMARTS) is 1. The van der Waals surface area contributed by atoms with E-state index in [1.54, 1.807) is 0 Å². The molecule has 0 amide bonds. The first-order chi connectivity index (χ1) is 8.94. The third kappa shape index (κ3) is 4.15. The van der Waals surface area contributed by atoms with Crippen LogP contribution in [0.15, 0.2) is 17.0 Å².